The third-order valence-electron chi connectivity index (χ3n) is 3.47. The van der Waals surface area contributed by atoms with E-state index in [4.69, 9.17) is 0 Å². The van der Waals surface area contributed by atoms with Crippen molar-refractivity contribution in [2.75, 3.05) is 26.2 Å². The molecule has 5 nitrogen and oxygen atoms in total. The van der Waals surface area contributed by atoms with Crippen LogP contribution in [0.15, 0.2) is 12.1 Å². The van der Waals surface area contributed by atoms with Crippen molar-refractivity contribution in [1.29, 1.82) is 0 Å². The Labute approximate surface area is 119 Å². The van der Waals surface area contributed by atoms with E-state index < -0.39 is 35.9 Å². The van der Waals surface area contributed by atoms with E-state index in [1.807, 2.05) is 0 Å². The lowest BCUT2D eigenvalue weighted by molar-refractivity contribution is -0.148. The molecule has 21 heavy (non-hydrogen) atoms. The Morgan fingerprint density at radius 2 is 1.62 bits per heavy atom. The number of phenols is 3. The molecule has 0 aliphatic carbocycles. The van der Waals surface area contributed by atoms with Crippen molar-refractivity contribution in [2.24, 2.45) is 0 Å². The summed E-state index contributed by atoms with van der Waals surface area (Å²) in [7, 11) is 0. The summed E-state index contributed by atoms with van der Waals surface area (Å²) in [6.07, 6.45) is -5.62. The van der Waals surface area contributed by atoms with Crippen molar-refractivity contribution >= 4 is 0 Å². The first kappa shape index (κ1) is 15.7. The maximum absolute atomic E-state index is 12.8. The maximum atomic E-state index is 12.8. The smallest absolute Gasteiger partial charge is 0.390 e. The molecule has 0 bridgehead atoms. The number of piperazine rings is 1. The van der Waals surface area contributed by atoms with Gasteiger partial charge < -0.3 is 20.6 Å². The Bertz CT molecular complexity index is 479. The lowest BCUT2D eigenvalue weighted by atomic mass is 9.98. The number of benzene rings is 1. The predicted molar refractivity (Wildman–Crippen MR) is 69.3 cm³/mol. The molecule has 1 saturated heterocycles. The summed E-state index contributed by atoms with van der Waals surface area (Å²) >= 11 is 0. The van der Waals surface area contributed by atoms with Gasteiger partial charge in [-0.25, -0.2) is 0 Å². The largest absolute Gasteiger partial charge is 0.508 e. The summed E-state index contributed by atoms with van der Waals surface area (Å²) in [5.74, 6) is -1.49. The molecule has 0 saturated carbocycles. The number of rotatable bonds is 3. The minimum absolute atomic E-state index is 0.202. The number of nitrogens with zero attached hydrogens (tertiary/aromatic N) is 1. The highest BCUT2D eigenvalue weighted by Crippen LogP contribution is 2.43. The van der Waals surface area contributed by atoms with Gasteiger partial charge in [0, 0.05) is 38.3 Å². The number of halogens is 3. The third kappa shape index (κ3) is 3.92. The van der Waals surface area contributed by atoms with Crippen molar-refractivity contribution in [3.05, 3.63) is 17.7 Å². The van der Waals surface area contributed by atoms with E-state index in [1.165, 1.54) is 0 Å². The molecule has 1 aliphatic heterocycles. The average Bonchev–Trinajstić information content (AvgIpc) is 2.36. The van der Waals surface area contributed by atoms with E-state index in [2.05, 4.69) is 5.32 Å². The molecule has 1 fully saturated rings. The van der Waals surface area contributed by atoms with Crippen LogP contribution in [0.5, 0.6) is 17.2 Å². The second-order valence-electron chi connectivity index (χ2n) is 5.02. The zero-order valence-corrected chi connectivity index (χ0v) is 11.2. The quantitative estimate of drug-likeness (QED) is 0.684. The van der Waals surface area contributed by atoms with Crippen LogP contribution in [-0.2, 0) is 0 Å². The topological polar surface area (TPSA) is 76.0 Å². The third-order valence-corrected chi connectivity index (χ3v) is 3.47. The summed E-state index contributed by atoms with van der Waals surface area (Å²) in [6.45, 7) is 1.82. The van der Waals surface area contributed by atoms with Crippen molar-refractivity contribution in [1.82, 2.24) is 10.2 Å². The standard InChI is InChI=1S/C13H17F3N2O3/c14-13(15,16)7-9(18-3-1-17-2-4-18)12-10(20)5-8(19)6-11(12)21/h5-6,9,17,19-21H,1-4,7H2/t9-/m0/s1. The van der Waals surface area contributed by atoms with Gasteiger partial charge in [0.1, 0.15) is 17.2 Å². The van der Waals surface area contributed by atoms with Crippen LogP contribution in [-0.4, -0.2) is 52.6 Å². The summed E-state index contributed by atoms with van der Waals surface area (Å²) in [5, 5.41) is 32.0. The summed E-state index contributed by atoms with van der Waals surface area (Å²) in [4.78, 5) is 1.57. The second kappa shape index (κ2) is 5.98. The fourth-order valence-electron chi connectivity index (χ4n) is 2.58. The Kier molecular flexibility index (Phi) is 4.48. The van der Waals surface area contributed by atoms with E-state index in [0.717, 1.165) is 12.1 Å². The molecule has 1 atom stereocenters. The summed E-state index contributed by atoms with van der Waals surface area (Å²) < 4.78 is 38.5. The van der Waals surface area contributed by atoms with Gasteiger partial charge in [-0.1, -0.05) is 0 Å². The molecule has 0 aromatic heterocycles. The van der Waals surface area contributed by atoms with Gasteiger partial charge in [0.05, 0.1) is 18.0 Å². The van der Waals surface area contributed by atoms with E-state index in [0.29, 0.717) is 26.2 Å². The highest BCUT2D eigenvalue weighted by atomic mass is 19.4. The normalized spacial score (nSPS) is 18.6. The lowest BCUT2D eigenvalue weighted by Crippen LogP contribution is -2.46. The molecule has 0 radical (unpaired) electrons. The van der Waals surface area contributed by atoms with Crippen molar-refractivity contribution in [3.8, 4) is 17.2 Å². The number of alkyl halides is 3. The Morgan fingerprint density at radius 1 is 1.10 bits per heavy atom. The van der Waals surface area contributed by atoms with Crippen molar-refractivity contribution in [2.45, 2.75) is 18.6 Å². The van der Waals surface area contributed by atoms with E-state index in [9.17, 15) is 28.5 Å². The highest BCUT2D eigenvalue weighted by Gasteiger charge is 2.38. The Hall–Kier alpha value is -1.67. The molecule has 1 aliphatic rings. The van der Waals surface area contributed by atoms with Gasteiger partial charge in [0.15, 0.2) is 0 Å². The molecule has 118 valence electrons. The zero-order chi connectivity index (χ0) is 15.6. The molecule has 4 N–H and O–H groups in total. The first-order valence-corrected chi connectivity index (χ1v) is 6.54. The second-order valence-corrected chi connectivity index (χ2v) is 5.02. The van der Waals surface area contributed by atoms with Crippen LogP contribution in [0.2, 0.25) is 0 Å². The first-order chi connectivity index (χ1) is 9.78. The SMILES string of the molecule is Oc1cc(O)c([C@H](CC(F)(F)F)N2CCNCC2)c(O)c1. The molecular weight excluding hydrogens is 289 g/mol. The lowest BCUT2D eigenvalue weighted by Gasteiger charge is -2.36. The van der Waals surface area contributed by atoms with Crippen LogP contribution < -0.4 is 5.32 Å². The molecule has 1 aromatic rings. The minimum atomic E-state index is -4.44. The number of hydrogen-bond acceptors (Lipinski definition) is 5. The molecule has 1 aromatic carbocycles. The number of nitrogens with one attached hydrogen (secondary N) is 1. The number of hydrogen-bond donors (Lipinski definition) is 4. The summed E-state index contributed by atoms with van der Waals surface area (Å²) in [6, 6.07) is 0.675. The van der Waals surface area contributed by atoms with E-state index in [-0.39, 0.29) is 5.56 Å². The van der Waals surface area contributed by atoms with Crippen LogP contribution in [0.1, 0.15) is 18.0 Å². The zero-order valence-electron chi connectivity index (χ0n) is 11.2. The number of phenolic OH excluding ortho intramolecular Hbond substituents is 3. The van der Waals surface area contributed by atoms with Gasteiger partial charge in [-0.2, -0.15) is 13.2 Å². The van der Waals surface area contributed by atoms with Crippen molar-refractivity contribution in [3.63, 3.8) is 0 Å². The van der Waals surface area contributed by atoms with Gasteiger partial charge in [-0.3, -0.25) is 4.90 Å². The van der Waals surface area contributed by atoms with Gasteiger partial charge in [-0.05, 0) is 0 Å². The van der Waals surface area contributed by atoms with Crippen LogP contribution in [0.4, 0.5) is 13.2 Å². The van der Waals surface area contributed by atoms with Gasteiger partial charge >= 0.3 is 6.18 Å². The molecule has 1 heterocycles. The maximum Gasteiger partial charge on any atom is 0.390 e. The Balaban J connectivity index is 2.39. The molecule has 0 unspecified atom stereocenters. The average molecular weight is 306 g/mol. The first-order valence-electron chi connectivity index (χ1n) is 6.54. The molecular formula is C13H17F3N2O3. The van der Waals surface area contributed by atoms with Gasteiger partial charge in [-0.15, -0.1) is 0 Å². The van der Waals surface area contributed by atoms with Crippen LogP contribution in [0.25, 0.3) is 0 Å². The van der Waals surface area contributed by atoms with Crippen LogP contribution in [0, 0.1) is 0 Å². The highest BCUT2D eigenvalue weighted by molar-refractivity contribution is 5.50. The predicted octanol–water partition coefficient (Wildman–Crippen LogP) is 1.70. The van der Waals surface area contributed by atoms with Gasteiger partial charge in [0.25, 0.3) is 0 Å². The van der Waals surface area contributed by atoms with E-state index >= 15 is 0 Å². The molecule has 8 heteroatoms. The summed E-state index contributed by atoms with van der Waals surface area (Å²) in [5.41, 5.74) is -0.202. The van der Waals surface area contributed by atoms with Crippen molar-refractivity contribution < 1.29 is 28.5 Å². The Morgan fingerprint density at radius 3 is 2.10 bits per heavy atom. The number of aromatic hydroxyl groups is 3. The van der Waals surface area contributed by atoms with Crippen LogP contribution >= 0.6 is 0 Å². The van der Waals surface area contributed by atoms with Crippen LogP contribution in [0.3, 0.4) is 0 Å². The molecule has 0 amide bonds. The van der Waals surface area contributed by atoms with Gasteiger partial charge in [0.2, 0.25) is 0 Å². The van der Waals surface area contributed by atoms with E-state index in [1.54, 1.807) is 4.90 Å². The molecule has 0 spiro atoms. The fraction of sp³-hybridized carbons (Fsp3) is 0.538. The monoisotopic (exact) mass is 306 g/mol. The fourth-order valence-corrected chi connectivity index (χ4v) is 2.58. The molecule has 2 rings (SSSR count). The minimum Gasteiger partial charge on any atom is -0.508 e.